The number of rotatable bonds is 8. The highest BCUT2D eigenvalue weighted by Crippen LogP contribution is 2.37. The van der Waals surface area contributed by atoms with Crippen LogP contribution in [0.25, 0.3) is 17.4 Å². The summed E-state index contributed by atoms with van der Waals surface area (Å²) >= 11 is 1.16. The molecule has 0 saturated heterocycles. The number of fused-ring (bicyclic) bond motifs is 1. The lowest BCUT2D eigenvalue weighted by Gasteiger charge is -2.26. The zero-order valence-electron chi connectivity index (χ0n) is 23.6. The Balaban J connectivity index is 1.66. The highest BCUT2D eigenvalue weighted by atomic mass is 32.1. The highest BCUT2D eigenvalue weighted by Gasteiger charge is 2.35. The number of thiazole rings is 1. The van der Waals surface area contributed by atoms with Crippen LogP contribution in [0.2, 0.25) is 0 Å². The van der Waals surface area contributed by atoms with Gasteiger partial charge < -0.3 is 23.7 Å². The number of carbonyl (C=O) groups excluding carboxylic acids is 1. The smallest absolute Gasteiger partial charge is 0.338 e. The van der Waals surface area contributed by atoms with Gasteiger partial charge in [-0.05, 0) is 62.7 Å². The molecule has 216 valence electrons. The summed E-state index contributed by atoms with van der Waals surface area (Å²) in [5, 5.41) is 9.39. The number of hydrogen-bond donors (Lipinski definition) is 1. The van der Waals surface area contributed by atoms with Crippen molar-refractivity contribution in [2.75, 3.05) is 20.8 Å². The summed E-state index contributed by atoms with van der Waals surface area (Å²) in [5.41, 5.74) is 2.47. The van der Waals surface area contributed by atoms with E-state index < -0.39 is 18.0 Å². The lowest BCUT2D eigenvalue weighted by Crippen LogP contribution is -2.40. The van der Waals surface area contributed by atoms with Gasteiger partial charge in [0.25, 0.3) is 5.56 Å². The molecule has 11 heteroatoms. The monoisotopic (exact) mass is 588 g/mol. The first-order valence-electron chi connectivity index (χ1n) is 13.0. The van der Waals surface area contributed by atoms with E-state index in [0.29, 0.717) is 49.2 Å². The Kier molecular flexibility index (Phi) is 7.86. The van der Waals surface area contributed by atoms with Gasteiger partial charge in [0.15, 0.2) is 4.80 Å². The number of carboxylic acids is 1. The van der Waals surface area contributed by atoms with Crippen molar-refractivity contribution in [2.24, 2.45) is 4.99 Å². The van der Waals surface area contributed by atoms with Crippen molar-refractivity contribution in [3.05, 3.63) is 102 Å². The molecule has 0 fully saturated rings. The zero-order valence-corrected chi connectivity index (χ0v) is 24.4. The Hall–Kier alpha value is -4.90. The summed E-state index contributed by atoms with van der Waals surface area (Å²) in [6, 6.07) is 12.6. The van der Waals surface area contributed by atoms with Crippen molar-refractivity contribution >= 4 is 29.4 Å². The molecule has 0 unspecified atom stereocenters. The van der Waals surface area contributed by atoms with Gasteiger partial charge in [-0.3, -0.25) is 9.36 Å². The predicted molar refractivity (Wildman–Crippen MR) is 156 cm³/mol. The zero-order chi connectivity index (χ0) is 30.1. The van der Waals surface area contributed by atoms with Crippen LogP contribution in [0.3, 0.4) is 0 Å². The minimum atomic E-state index is -1.04. The number of benzene rings is 2. The molecule has 10 nitrogen and oxygen atoms in total. The maximum absolute atomic E-state index is 13.9. The number of esters is 1. The third-order valence-corrected chi connectivity index (χ3v) is 7.89. The fourth-order valence-corrected chi connectivity index (χ4v) is 5.88. The number of allylic oxidation sites excluding steroid dienone is 1. The Morgan fingerprint density at radius 2 is 1.88 bits per heavy atom. The number of aromatic nitrogens is 1. The normalized spacial score (nSPS) is 14.8. The number of carbonyl (C=O) groups is 2. The molecule has 3 heterocycles. The van der Waals surface area contributed by atoms with Crippen LogP contribution in [0.4, 0.5) is 0 Å². The minimum Gasteiger partial charge on any atom is -0.497 e. The van der Waals surface area contributed by atoms with Gasteiger partial charge in [0, 0.05) is 23.3 Å². The van der Waals surface area contributed by atoms with Crippen molar-refractivity contribution in [2.45, 2.75) is 26.8 Å². The number of aryl methyl sites for hydroxylation is 1. The third-order valence-electron chi connectivity index (χ3n) is 6.90. The number of aromatic carboxylic acids is 1. The number of nitrogens with zero attached hydrogens (tertiary/aromatic N) is 2. The van der Waals surface area contributed by atoms with E-state index in [0.717, 1.165) is 16.9 Å². The average molecular weight is 589 g/mol. The fourth-order valence-electron chi connectivity index (χ4n) is 4.85. The van der Waals surface area contributed by atoms with Gasteiger partial charge in [-0.2, -0.15) is 0 Å². The molecular weight excluding hydrogens is 560 g/mol. The largest absolute Gasteiger partial charge is 0.497 e. The van der Waals surface area contributed by atoms with Crippen molar-refractivity contribution < 1.29 is 33.3 Å². The van der Waals surface area contributed by atoms with Gasteiger partial charge in [0.2, 0.25) is 0 Å². The lowest BCUT2D eigenvalue weighted by atomic mass is 9.95. The first-order chi connectivity index (χ1) is 20.2. The molecule has 0 spiro atoms. The van der Waals surface area contributed by atoms with Gasteiger partial charge in [0.1, 0.15) is 29.1 Å². The number of carboxylic acid groups (broad SMARTS) is 1. The first kappa shape index (κ1) is 28.6. The van der Waals surface area contributed by atoms with Crippen molar-refractivity contribution in [3.63, 3.8) is 0 Å². The second-order valence-electron chi connectivity index (χ2n) is 9.45. The van der Waals surface area contributed by atoms with Crippen LogP contribution < -0.4 is 24.4 Å². The average Bonchev–Trinajstić information content (AvgIpc) is 3.56. The molecule has 0 radical (unpaired) electrons. The molecule has 2 aromatic carbocycles. The van der Waals surface area contributed by atoms with Crippen LogP contribution >= 0.6 is 11.3 Å². The van der Waals surface area contributed by atoms with Crippen LogP contribution in [-0.2, 0) is 9.53 Å². The van der Waals surface area contributed by atoms with Crippen molar-refractivity contribution in [1.82, 2.24) is 4.57 Å². The van der Waals surface area contributed by atoms with E-state index >= 15 is 0 Å². The molecular formula is C31H28N2O8S. The molecule has 4 aromatic rings. The summed E-state index contributed by atoms with van der Waals surface area (Å²) < 4.78 is 24.2. The molecule has 0 bridgehead atoms. The Labute approximate surface area is 244 Å². The molecule has 0 saturated carbocycles. The Morgan fingerprint density at radius 3 is 2.57 bits per heavy atom. The second-order valence-corrected chi connectivity index (χ2v) is 10.5. The molecule has 1 N–H and O–H groups in total. The third kappa shape index (κ3) is 5.14. The van der Waals surface area contributed by atoms with E-state index in [2.05, 4.69) is 4.99 Å². The van der Waals surface area contributed by atoms with E-state index in [1.165, 1.54) is 24.9 Å². The molecule has 5 rings (SSSR count). The van der Waals surface area contributed by atoms with Gasteiger partial charge in [-0.15, -0.1) is 0 Å². The van der Waals surface area contributed by atoms with Gasteiger partial charge in [-0.1, -0.05) is 17.4 Å². The molecule has 0 aliphatic carbocycles. The molecule has 1 aliphatic heterocycles. The maximum atomic E-state index is 13.9. The summed E-state index contributed by atoms with van der Waals surface area (Å²) in [7, 11) is 3.04. The number of methoxy groups -OCH3 is 2. The molecule has 2 aromatic heterocycles. The fraction of sp³-hybridized carbons (Fsp3) is 0.226. The van der Waals surface area contributed by atoms with Gasteiger partial charge in [-0.25, -0.2) is 14.6 Å². The Morgan fingerprint density at radius 1 is 1.10 bits per heavy atom. The van der Waals surface area contributed by atoms with Crippen LogP contribution in [0.5, 0.6) is 11.5 Å². The predicted octanol–water partition coefficient (Wildman–Crippen LogP) is 4.08. The molecule has 0 amide bonds. The Bertz CT molecular complexity index is 1930. The lowest BCUT2D eigenvalue weighted by molar-refractivity contribution is -0.139. The van der Waals surface area contributed by atoms with Gasteiger partial charge in [0.05, 0.1) is 42.2 Å². The minimum absolute atomic E-state index is 0.142. The van der Waals surface area contributed by atoms with E-state index in [1.807, 2.05) is 6.92 Å². The maximum Gasteiger partial charge on any atom is 0.338 e. The number of hydrogen-bond acceptors (Lipinski definition) is 9. The summed E-state index contributed by atoms with van der Waals surface area (Å²) in [5.74, 6) is 0.237. The van der Waals surface area contributed by atoms with E-state index in [9.17, 15) is 19.5 Å². The van der Waals surface area contributed by atoms with Crippen LogP contribution in [0, 0.1) is 6.92 Å². The van der Waals surface area contributed by atoms with E-state index in [-0.39, 0.29) is 23.3 Å². The van der Waals surface area contributed by atoms with Crippen LogP contribution in [-0.4, -0.2) is 42.4 Å². The molecule has 42 heavy (non-hydrogen) atoms. The summed E-state index contributed by atoms with van der Waals surface area (Å²) in [6.45, 7) is 5.43. The first-order valence-corrected chi connectivity index (χ1v) is 13.8. The van der Waals surface area contributed by atoms with E-state index in [4.69, 9.17) is 18.6 Å². The van der Waals surface area contributed by atoms with Crippen molar-refractivity contribution in [1.29, 1.82) is 0 Å². The quantitative estimate of drug-likeness (QED) is 0.305. The number of furan rings is 1. The number of ether oxygens (including phenoxy) is 3. The standard InChI is InChI=1S/C31H28N2O8S/c1-6-40-30(37)26-17(3)32-31-33(27(26)21-11-9-19(38-4)14-24(21)39-5)28(34)25(42-31)15-20-10-12-23(41-20)22-13-18(29(35)36)8-7-16(22)2/h7-15,27H,6H2,1-5H3,(H,35,36)/t27-/m1/s1. The molecule has 1 atom stereocenters. The summed E-state index contributed by atoms with van der Waals surface area (Å²) in [4.78, 5) is 43.6. The van der Waals surface area contributed by atoms with Crippen LogP contribution in [0.1, 0.15) is 47.1 Å². The van der Waals surface area contributed by atoms with E-state index in [1.54, 1.807) is 62.4 Å². The SMILES string of the molecule is CCOC(=O)C1=C(C)N=c2sc(=Cc3ccc(-c4cc(C(=O)O)ccc4C)o3)c(=O)n2[C@@H]1c1ccc(OC)cc1OC. The molecule has 1 aliphatic rings. The van der Waals surface area contributed by atoms with Crippen molar-refractivity contribution in [3.8, 4) is 22.8 Å². The van der Waals surface area contributed by atoms with Crippen LogP contribution in [0.15, 0.2) is 74.0 Å². The topological polar surface area (TPSA) is 130 Å². The van der Waals surface area contributed by atoms with Gasteiger partial charge >= 0.3 is 11.9 Å². The summed E-state index contributed by atoms with van der Waals surface area (Å²) in [6.07, 6.45) is 1.61. The highest BCUT2D eigenvalue weighted by molar-refractivity contribution is 7.07. The second kappa shape index (κ2) is 11.5.